The molecule has 0 amide bonds. The molecular formula is C10H8BrF3O3. The Hall–Kier alpha value is -1.24. The van der Waals surface area contributed by atoms with Gasteiger partial charge in [-0.25, -0.2) is 0 Å². The van der Waals surface area contributed by atoms with Crippen LogP contribution in [0.3, 0.4) is 0 Å². The number of rotatable bonds is 3. The number of carbonyl (C=O) groups excluding carboxylic acids is 1. The topological polar surface area (TPSA) is 35.5 Å². The van der Waals surface area contributed by atoms with Gasteiger partial charge >= 0.3 is 12.3 Å². The van der Waals surface area contributed by atoms with Gasteiger partial charge in [-0.1, -0.05) is 22.0 Å². The maximum Gasteiger partial charge on any atom is 0.573 e. The van der Waals surface area contributed by atoms with Crippen LogP contribution in [0.25, 0.3) is 0 Å². The second kappa shape index (κ2) is 5.39. The average Bonchev–Trinajstić information content (AvgIpc) is 2.19. The lowest BCUT2D eigenvalue weighted by Crippen LogP contribution is -2.17. The number of hydrogen-bond acceptors (Lipinski definition) is 3. The van der Waals surface area contributed by atoms with E-state index in [1.54, 1.807) is 0 Å². The van der Waals surface area contributed by atoms with Gasteiger partial charge in [0.15, 0.2) is 0 Å². The van der Waals surface area contributed by atoms with Gasteiger partial charge in [0.2, 0.25) is 0 Å². The SMILES string of the molecule is COC(=O)Cc1ccc(OC(F)(F)F)cc1Br. The lowest BCUT2D eigenvalue weighted by Gasteiger charge is -2.10. The fourth-order valence-corrected chi connectivity index (χ4v) is 1.59. The molecule has 0 saturated carbocycles. The quantitative estimate of drug-likeness (QED) is 0.805. The van der Waals surface area contributed by atoms with Gasteiger partial charge in [0, 0.05) is 4.47 Å². The number of carbonyl (C=O) groups is 1. The Labute approximate surface area is 104 Å². The van der Waals surface area contributed by atoms with Crippen LogP contribution in [0, 0.1) is 0 Å². The van der Waals surface area contributed by atoms with Crippen molar-refractivity contribution in [2.45, 2.75) is 12.8 Å². The molecular weight excluding hydrogens is 305 g/mol. The van der Waals surface area contributed by atoms with E-state index >= 15 is 0 Å². The lowest BCUT2D eigenvalue weighted by atomic mass is 10.1. The van der Waals surface area contributed by atoms with E-state index in [9.17, 15) is 18.0 Å². The van der Waals surface area contributed by atoms with E-state index in [2.05, 4.69) is 25.4 Å². The highest BCUT2D eigenvalue weighted by molar-refractivity contribution is 9.10. The summed E-state index contributed by atoms with van der Waals surface area (Å²) in [6.07, 6.45) is -4.76. The first-order valence-electron chi connectivity index (χ1n) is 4.43. The van der Waals surface area contributed by atoms with Crippen LogP contribution in [-0.2, 0) is 16.0 Å². The van der Waals surface area contributed by atoms with E-state index in [0.29, 0.717) is 10.0 Å². The number of methoxy groups -OCH3 is 1. The summed E-state index contributed by atoms with van der Waals surface area (Å²) < 4.78 is 44.3. The van der Waals surface area contributed by atoms with Crippen molar-refractivity contribution in [1.29, 1.82) is 0 Å². The molecule has 1 aromatic carbocycles. The first-order chi connectivity index (χ1) is 7.81. The Morgan fingerprint density at radius 3 is 2.53 bits per heavy atom. The van der Waals surface area contributed by atoms with E-state index in [4.69, 9.17) is 0 Å². The van der Waals surface area contributed by atoms with Gasteiger partial charge in [-0.2, -0.15) is 0 Å². The first kappa shape index (κ1) is 13.8. The zero-order chi connectivity index (χ0) is 13.1. The zero-order valence-corrected chi connectivity index (χ0v) is 10.3. The largest absolute Gasteiger partial charge is 0.573 e. The summed E-state index contributed by atoms with van der Waals surface area (Å²) in [6, 6.07) is 3.64. The summed E-state index contributed by atoms with van der Waals surface area (Å²) >= 11 is 3.06. The van der Waals surface area contributed by atoms with Crippen molar-refractivity contribution in [3.8, 4) is 5.75 Å². The minimum Gasteiger partial charge on any atom is -0.469 e. The third kappa shape index (κ3) is 4.64. The zero-order valence-electron chi connectivity index (χ0n) is 8.68. The maximum atomic E-state index is 11.9. The van der Waals surface area contributed by atoms with Crippen molar-refractivity contribution in [2.24, 2.45) is 0 Å². The molecule has 3 nitrogen and oxygen atoms in total. The Balaban J connectivity index is 2.83. The van der Waals surface area contributed by atoms with Crippen molar-refractivity contribution in [2.75, 3.05) is 7.11 Å². The lowest BCUT2D eigenvalue weighted by molar-refractivity contribution is -0.274. The fraction of sp³-hybridized carbons (Fsp3) is 0.300. The van der Waals surface area contributed by atoms with Gasteiger partial charge < -0.3 is 9.47 Å². The van der Waals surface area contributed by atoms with Crippen molar-refractivity contribution in [1.82, 2.24) is 0 Å². The molecule has 0 fully saturated rings. The summed E-state index contributed by atoms with van der Waals surface area (Å²) in [4.78, 5) is 11.0. The number of ether oxygens (including phenoxy) is 2. The Bertz CT molecular complexity index is 418. The predicted octanol–water partition coefficient (Wildman–Crippen LogP) is 3.06. The third-order valence-electron chi connectivity index (χ3n) is 1.82. The monoisotopic (exact) mass is 312 g/mol. The molecule has 0 saturated heterocycles. The molecule has 17 heavy (non-hydrogen) atoms. The minimum absolute atomic E-state index is 0.0244. The number of esters is 1. The summed E-state index contributed by atoms with van der Waals surface area (Å²) in [6.45, 7) is 0. The molecule has 94 valence electrons. The number of halogens is 4. The Morgan fingerprint density at radius 1 is 1.41 bits per heavy atom. The second-order valence-corrected chi connectivity index (χ2v) is 3.91. The van der Waals surface area contributed by atoms with Gasteiger partial charge in [0.1, 0.15) is 5.75 Å². The highest BCUT2D eigenvalue weighted by atomic mass is 79.9. The molecule has 1 aromatic rings. The van der Waals surface area contributed by atoms with Crippen LogP contribution in [0.2, 0.25) is 0 Å². The van der Waals surface area contributed by atoms with E-state index in [0.717, 1.165) is 12.1 Å². The summed E-state index contributed by atoms with van der Waals surface area (Å²) in [5, 5.41) is 0. The number of hydrogen-bond donors (Lipinski definition) is 0. The molecule has 0 N–H and O–H groups in total. The van der Waals surface area contributed by atoms with Crippen molar-refractivity contribution >= 4 is 21.9 Å². The molecule has 0 aromatic heterocycles. The molecule has 0 unspecified atom stereocenters. The van der Waals surface area contributed by atoms with E-state index in [1.807, 2.05) is 0 Å². The molecule has 0 atom stereocenters. The molecule has 0 aliphatic heterocycles. The summed E-state index contributed by atoms with van der Waals surface area (Å²) in [5.74, 6) is -0.826. The van der Waals surface area contributed by atoms with Crippen LogP contribution in [-0.4, -0.2) is 19.4 Å². The van der Waals surface area contributed by atoms with Gasteiger partial charge in [-0.3, -0.25) is 4.79 Å². The average molecular weight is 313 g/mol. The smallest absolute Gasteiger partial charge is 0.469 e. The van der Waals surface area contributed by atoms with Crippen LogP contribution in [0.5, 0.6) is 5.75 Å². The molecule has 0 bridgehead atoms. The Morgan fingerprint density at radius 2 is 2.06 bits per heavy atom. The normalized spacial score (nSPS) is 11.1. The molecule has 0 heterocycles. The standard InChI is InChI=1S/C10H8BrF3O3/c1-16-9(15)4-6-2-3-7(5-8(6)11)17-10(12,13)14/h2-3,5H,4H2,1H3. The van der Waals surface area contributed by atoms with Crippen LogP contribution in [0.4, 0.5) is 13.2 Å². The van der Waals surface area contributed by atoms with Gasteiger partial charge in [0.25, 0.3) is 0 Å². The van der Waals surface area contributed by atoms with Crippen LogP contribution < -0.4 is 4.74 Å². The molecule has 7 heteroatoms. The van der Waals surface area contributed by atoms with Gasteiger partial charge in [0.05, 0.1) is 13.5 Å². The van der Waals surface area contributed by atoms with E-state index in [1.165, 1.54) is 13.2 Å². The third-order valence-corrected chi connectivity index (χ3v) is 2.56. The fourth-order valence-electron chi connectivity index (χ4n) is 1.10. The van der Waals surface area contributed by atoms with Crippen LogP contribution in [0.15, 0.2) is 22.7 Å². The minimum atomic E-state index is -4.73. The van der Waals surface area contributed by atoms with Crippen LogP contribution in [0.1, 0.15) is 5.56 Å². The van der Waals surface area contributed by atoms with Crippen molar-refractivity contribution < 1.29 is 27.4 Å². The van der Waals surface area contributed by atoms with E-state index in [-0.39, 0.29) is 12.2 Å². The van der Waals surface area contributed by atoms with Crippen molar-refractivity contribution in [3.63, 3.8) is 0 Å². The summed E-state index contributed by atoms with van der Waals surface area (Å²) in [5.41, 5.74) is 0.520. The molecule has 0 aliphatic rings. The highest BCUT2D eigenvalue weighted by Crippen LogP contribution is 2.28. The van der Waals surface area contributed by atoms with Gasteiger partial charge in [-0.15, -0.1) is 13.2 Å². The molecule has 0 radical (unpaired) electrons. The van der Waals surface area contributed by atoms with Crippen molar-refractivity contribution in [3.05, 3.63) is 28.2 Å². The molecule has 1 rings (SSSR count). The highest BCUT2D eigenvalue weighted by Gasteiger charge is 2.31. The predicted molar refractivity (Wildman–Crippen MR) is 56.5 cm³/mol. The molecule has 0 aliphatic carbocycles. The van der Waals surface area contributed by atoms with E-state index < -0.39 is 12.3 Å². The Kier molecular flexibility index (Phi) is 4.39. The number of alkyl halides is 3. The first-order valence-corrected chi connectivity index (χ1v) is 5.22. The van der Waals surface area contributed by atoms with Crippen LogP contribution >= 0.6 is 15.9 Å². The van der Waals surface area contributed by atoms with Gasteiger partial charge in [-0.05, 0) is 17.7 Å². The summed E-state index contributed by atoms with van der Waals surface area (Å²) in [7, 11) is 1.23. The second-order valence-electron chi connectivity index (χ2n) is 3.05. The number of benzene rings is 1. The molecule has 0 spiro atoms. The maximum absolute atomic E-state index is 11.9.